The quantitative estimate of drug-likeness (QED) is 0.592. The van der Waals surface area contributed by atoms with E-state index in [1.54, 1.807) is 21.3 Å². The van der Waals surface area contributed by atoms with E-state index in [0.29, 0.717) is 22.3 Å². The minimum atomic E-state index is -0.414. The summed E-state index contributed by atoms with van der Waals surface area (Å²) in [6.07, 6.45) is -0.683. The summed E-state index contributed by atoms with van der Waals surface area (Å²) in [6.45, 7) is 0. The number of halogens is 1. The van der Waals surface area contributed by atoms with Crippen molar-refractivity contribution in [2.75, 3.05) is 26.6 Å². The zero-order valence-corrected chi connectivity index (χ0v) is 17.2. The summed E-state index contributed by atoms with van der Waals surface area (Å²) in [5, 5.41) is 4.12. The summed E-state index contributed by atoms with van der Waals surface area (Å²) in [7, 11) is 4.78. The van der Waals surface area contributed by atoms with Crippen LogP contribution in [0.25, 0.3) is 0 Å². The van der Waals surface area contributed by atoms with Crippen molar-refractivity contribution in [3.63, 3.8) is 0 Å². The van der Waals surface area contributed by atoms with Crippen molar-refractivity contribution in [1.82, 2.24) is 0 Å². The van der Waals surface area contributed by atoms with Crippen LogP contribution < -0.4 is 19.5 Å². The van der Waals surface area contributed by atoms with Gasteiger partial charge in [0.2, 0.25) is 5.75 Å². The van der Waals surface area contributed by atoms with Crippen molar-refractivity contribution in [2.24, 2.45) is 0 Å². The molecule has 150 valence electrons. The van der Waals surface area contributed by atoms with Gasteiger partial charge in [-0.05, 0) is 35.9 Å². The van der Waals surface area contributed by atoms with E-state index in [-0.39, 0.29) is 6.10 Å². The van der Waals surface area contributed by atoms with Crippen LogP contribution in [0, 0.1) is 0 Å². The van der Waals surface area contributed by atoms with E-state index in [4.69, 9.17) is 30.5 Å². The van der Waals surface area contributed by atoms with Crippen LogP contribution in [-0.4, -0.2) is 21.3 Å². The van der Waals surface area contributed by atoms with Gasteiger partial charge in [-0.3, -0.25) is 0 Å². The molecule has 0 fully saturated rings. The number of hydrogen-bond donors (Lipinski definition) is 1. The second kappa shape index (κ2) is 8.23. The third kappa shape index (κ3) is 3.71. The number of nitrogens with one attached hydrogen (secondary N) is 1. The van der Waals surface area contributed by atoms with Crippen molar-refractivity contribution in [3.05, 3.63) is 82.4 Å². The highest BCUT2D eigenvalue weighted by molar-refractivity contribution is 6.30. The summed E-state index contributed by atoms with van der Waals surface area (Å²) in [5.74, 6) is 1.69. The molecule has 2 atom stereocenters. The maximum Gasteiger partial charge on any atom is 0.203 e. The maximum atomic E-state index is 6.49. The highest BCUT2D eigenvalue weighted by Gasteiger charge is 2.30. The Morgan fingerprint density at radius 3 is 2.14 bits per heavy atom. The molecule has 1 heterocycles. The summed E-state index contributed by atoms with van der Waals surface area (Å²) >= 11 is 6.27. The number of benzene rings is 3. The molecular weight excluding hydrogens is 390 g/mol. The van der Waals surface area contributed by atoms with Crippen molar-refractivity contribution >= 4 is 17.3 Å². The second-order valence-corrected chi connectivity index (χ2v) is 7.08. The van der Waals surface area contributed by atoms with Gasteiger partial charge in [-0.15, -0.1) is 0 Å². The fourth-order valence-corrected chi connectivity index (χ4v) is 3.75. The van der Waals surface area contributed by atoms with E-state index in [1.165, 1.54) is 0 Å². The van der Waals surface area contributed by atoms with Crippen LogP contribution in [0.5, 0.6) is 17.2 Å². The summed E-state index contributed by atoms with van der Waals surface area (Å²) in [4.78, 5) is 0. The van der Waals surface area contributed by atoms with Crippen molar-refractivity contribution < 1.29 is 18.9 Å². The fraction of sp³-hybridized carbons (Fsp3) is 0.217. The first kappa shape index (κ1) is 19.4. The number of hydrogen-bond acceptors (Lipinski definition) is 5. The first-order valence-corrected chi connectivity index (χ1v) is 9.58. The smallest absolute Gasteiger partial charge is 0.203 e. The lowest BCUT2D eigenvalue weighted by atomic mass is 9.97. The van der Waals surface area contributed by atoms with Crippen LogP contribution in [0.3, 0.4) is 0 Å². The topological polar surface area (TPSA) is 49.0 Å². The average molecular weight is 412 g/mol. The van der Waals surface area contributed by atoms with Gasteiger partial charge in [0.25, 0.3) is 0 Å². The molecule has 0 saturated heterocycles. The van der Waals surface area contributed by atoms with E-state index in [9.17, 15) is 0 Å². The van der Waals surface area contributed by atoms with Gasteiger partial charge in [0.15, 0.2) is 17.7 Å². The molecule has 4 rings (SSSR count). The monoisotopic (exact) mass is 411 g/mol. The van der Waals surface area contributed by atoms with Gasteiger partial charge in [0.1, 0.15) is 6.10 Å². The van der Waals surface area contributed by atoms with Crippen molar-refractivity contribution in [3.8, 4) is 17.2 Å². The molecule has 0 unspecified atom stereocenters. The molecule has 1 aliphatic rings. The zero-order valence-electron chi connectivity index (χ0n) is 16.4. The predicted molar refractivity (Wildman–Crippen MR) is 113 cm³/mol. The Labute approximate surface area is 175 Å². The molecule has 3 aromatic rings. The van der Waals surface area contributed by atoms with Crippen molar-refractivity contribution in [2.45, 2.75) is 12.3 Å². The van der Waals surface area contributed by atoms with Crippen LogP contribution in [0.15, 0.2) is 60.7 Å². The van der Waals surface area contributed by atoms with E-state index in [2.05, 4.69) is 5.32 Å². The SMILES string of the molecule is COc1cc([C@H]2Nc3ccc(Cl)cc3[C@@H](c3ccccc3)O2)cc(OC)c1OC. The van der Waals surface area contributed by atoms with Crippen LogP contribution in [0.2, 0.25) is 5.02 Å². The Morgan fingerprint density at radius 2 is 1.52 bits per heavy atom. The summed E-state index contributed by atoms with van der Waals surface area (Å²) in [6, 6.07) is 19.6. The fourth-order valence-electron chi connectivity index (χ4n) is 3.57. The lowest BCUT2D eigenvalue weighted by Crippen LogP contribution is -2.25. The number of rotatable bonds is 5. The number of fused-ring (bicyclic) bond motifs is 1. The van der Waals surface area contributed by atoms with Gasteiger partial charge in [-0.2, -0.15) is 0 Å². The third-order valence-electron chi connectivity index (χ3n) is 4.95. The van der Waals surface area contributed by atoms with Crippen LogP contribution >= 0.6 is 11.6 Å². The molecule has 3 aromatic carbocycles. The zero-order chi connectivity index (χ0) is 20.4. The first-order valence-electron chi connectivity index (χ1n) is 9.21. The van der Waals surface area contributed by atoms with Crippen LogP contribution in [-0.2, 0) is 4.74 Å². The second-order valence-electron chi connectivity index (χ2n) is 6.64. The molecule has 0 saturated carbocycles. The molecular formula is C23H22ClNO4. The van der Waals surface area contributed by atoms with Gasteiger partial charge in [-0.1, -0.05) is 41.9 Å². The molecule has 0 aliphatic carbocycles. The van der Waals surface area contributed by atoms with Crippen molar-refractivity contribution in [1.29, 1.82) is 0 Å². The Hall–Kier alpha value is -2.89. The van der Waals surface area contributed by atoms with E-state index in [1.807, 2.05) is 60.7 Å². The number of methoxy groups -OCH3 is 3. The normalized spacial score (nSPS) is 17.8. The molecule has 5 nitrogen and oxygen atoms in total. The molecule has 29 heavy (non-hydrogen) atoms. The minimum Gasteiger partial charge on any atom is -0.493 e. The first-order chi connectivity index (χ1) is 14.1. The predicted octanol–water partition coefficient (Wildman–Crippen LogP) is 5.60. The lowest BCUT2D eigenvalue weighted by molar-refractivity contribution is 0.0155. The average Bonchev–Trinajstić information content (AvgIpc) is 2.77. The van der Waals surface area contributed by atoms with Gasteiger partial charge < -0.3 is 24.3 Å². The summed E-state index contributed by atoms with van der Waals surface area (Å²) in [5.41, 5.74) is 3.87. The van der Waals surface area contributed by atoms with E-state index >= 15 is 0 Å². The van der Waals surface area contributed by atoms with Crippen LogP contribution in [0.1, 0.15) is 29.0 Å². The van der Waals surface area contributed by atoms with E-state index in [0.717, 1.165) is 22.4 Å². The number of ether oxygens (including phenoxy) is 4. The lowest BCUT2D eigenvalue weighted by Gasteiger charge is -2.34. The highest BCUT2D eigenvalue weighted by Crippen LogP contribution is 2.45. The standard InChI is InChI=1S/C23H22ClNO4/c1-26-19-11-15(12-20(27-2)22(19)28-3)23-25-18-10-9-16(24)13-17(18)21(29-23)14-7-5-4-6-8-14/h4-13,21,23,25H,1-3H3/t21-,23+/m1/s1. The van der Waals surface area contributed by atoms with Gasteiger partial charge in [0, 0.05) is 21.8 Å². The molecule has 0 aromatic heterocycles. The maximum absolute atomic E-state index is 6.49. The molecule has 0 bridgehead atoms. The third-order valence-corrected chi connectivity index (χ3v) is 5.18. The molecule has 6 heteroatoms. The molecule has 1 aliphatic heterocycles. The summed E-state index contributed by atoms with van der Waals surface area (Å²) < 4.78 is 22.9. The Balaban J connectivity index is 1.79. The van der Waals surface area contributed by atoms with Crippen LogP contribution in [0.4, 0.5) is 5.69 Å². The Bertz CT molecular complexity index is 984. The van der Waals surface area contributed by atoms with Gasteiger partial charge in [0.05, 0.1) is 21.3 Å². The van der Waals surface area contributed by atoms with Gasteiger partial charge in [-0.25, -0.2) is 0 Å². The number of anilines is 1. The largest absolute Gasteiger partial charge is 0.493 e. The minimum absolute atomic E-state index is 0.268. The molecule has 1 N–H and O–H groups in total. The molecule has 0 amide bonds. The van der Waals surface area contributed by atoms with Gasteiger partial charge >= 0.3 is 0 Å². The Morgan fingerprint density at radius 1 is 0.828 bits per heavy atom. The highest BCUT2D eigenvalue weighted by atomic mass is 35.5. The molecule has 0 radical (unpaired) electrons. The Kier molecular flexibility index (Phi) is 5.51. The van der Waals surface area contributed by atoms with E-state index < -0.39 is 6.23 Å². The molecule has 0 spiro atoms.